The molecule has 1 heterocycles. The molecule has 2 fully saturated rings. The van der Waals surface area contributed by atoms with Gasteiger partial charge in [-0.15, -0.1) is 0 Å². The molecule has 0 bridgehead atoms. The molecule has 162 valence electrons. The molecular weight excluding hydrogens is 388 g/mol. The molecule has 1 aliphatic heterocycles. The molecule has 29 heavy (non-hydrogen) atoms. The fraction of sp³-hybridized carbons (Fsp3) is 0.682. The summed E-state index contributed by atoms with van der Waals surface area (Å²) in [6.45, 7) is 10.2. The van der Waals surface area contributed by atoms with Crippen molar-refractivity contribution in [3.05, 3.63) is 29.8 Å². The summed E-state index contributed by atoms with van der Waals surface area (Å²) in [6, 6.07) is 7.09. The smallest absolute Gasteiger partial charge is 0.313 e. The Hall–Kier alpha value is -1.44. The van der Waals surface area contributed by atoms with Gasteiger partial charge in [-0.2, -0.15) is 4.31 Å². The van der Waals surface area contributed by atoms with Crippen molar-refractivity contribution in [1.82, 2.24) is 9.62 Å². The Balaban J connectivity index is 1.91. The zero-order valence-corrected chi connectivity index (χ0v) is 18.8. The van der Waals surface area contributed by atoms with Crippen LogP contribution in [0.4, 0.5) is 0 Å². The number of nitrogens with one attached hydrogen (secondary N) is 1. The highest BCUT2D eigenvalue weighted by atomic mass is 32.2. The number of ether oxygens (including phenoxy) is 1. The zero-order valence-electron chi connectivity index (χ0n) is 18.0. The highest BCUT2D eigenvalue weighted by Gasteiger charge is 2.54. The van der Waals surface area contributed by atoms with Gasteiger partial charge in [-0.05, 0) is 68.8 Å². The highest BCUT2D eigenvalue weighted by molar-refractivity contribution is 7.89. The van der Waals surface area contributed by atoms with Gasteiger partial charge in [-0.1, -0.05) is 32.9 Å². The molecule has 1 aliphatic carbocycles. The Morgan fingerprint density at radius 1 is 1.17 bits per heavy atom. The third kappa shape index (κ3) is 4.84. The number of nitrogens with zero attached hydrogens (tertiary/aromatic N) is 1. The second-order valence-corrected chi connectivity index (χ2v) is 11.2. The number of rotatable bonds is 7. The molecule has 7 heteroatoms. The van der Waals surface area contributed by atoms with Gasteiger partial charge in [0.15, 0.2) is 0 Å². The minimum atomic E-state index is -3.71. The first kappa shape index (κ1) is 22.2. The first-order valence-electron chi connectivity index (χ1n) is 10.6. The molecule has 1 aromatic rings. The maximum absolute atomic E-state index is 13.6. The van der Waals surface area contributed by atoms with Crippen LogP contribution in [0.2, 0.25) is 0 Å². The molecule has 0 unspecified atom stereocenters. The van der Waals surface area contributed by atoms with Crippen molar-refractivity contribution in [2.75, 3.05) is 26.2 Å². The van der Waals surface area contributed by atoms with Gasteiger partial charge in [0.2, 0.25) is 10.0 Å². The number of hydrogen-bond donors (Lipinski definition) is 1. The van der Waals surface area contributed by atoms with E-state index in [0.717, 1.165) is 31.5 Å². The Labute approximate surface area is 175 Å². The van der Waals surface area contributed by atoms with E-state index in [0.29, 0.717) is 24.3 Å². The Kier molecular flexibility index (Phi) is 6.41. The maximum atomic E-state index is 13.6. The number of benzene rings is 1. The Morgan fingerprint density at radius 3 is 2.24 bits per heavy atom. The van der Waals surface area contributed by atoms with E-state index in [1.54, 1.807) is 23.4 Å². The lowest BCUT2D eigenvalue weighted by Crippen LogP contribution is -2.49. The van der Waals surface area contributed by atoms with Crippen LogP contribution in [-0.4, -0.2) is 51.0 Å². The van der Waals surface area contributed by atoms with Crippen LogP contribution < -0.4 is 5.32 Å². The van der Waals surface area contributed by atoms with Gasteiger partial charge >= 0.3 is 5.97 Å². The van der Waals surface area contributed by atoms with Crippen molar-refractivity contribution in [3.63, 3.8) is 0 Å². The summed E-state index contributed by atoms with van der Waals surface area (Å²) < 4.78 is 34.1. The lowest BCUT2D eigenvalue weighted by atomic mass is 9.87. The molecule has 0 spiro atoms. The Bertz CT molecular complexity index is 817. The highest BCUT2D eigenvalue weighted by Crippen LogP contribution is 2.48. The zero-order chi connectivity index (χ0) is 21.3. The monoisotopic (exact) mass is 422 g/mol. The summed E-state index contributed by atoms with van der Waals surface area (Å²) in [4.78, 5) is 12.8. The van der Waals surface area contributed by atoms with Gasteiger partial charge in [-0.3, -0.25) is 4.79 Å². The SMILES string of the molecule is CCOC(=O)C1(CN(C2CCNCC2)S(=O)(=O)c2ccc(C(C)(C)C)cc2)CC1. The predicted molar refractivity (Wildman–Crippen MR) is 113 cm³/mol. The lowest BCUT2D eigenvalue weighted by molar-refractivity contribution is -0.150. The van der Waals surface area contributed by atoms with Crippen LogP contribution in [0.5, 0.6) is 0 Å². The van der Waals surface area contributed by atoms with E-state index in [2.05, 4.69) is 26.1 Å². The molecule has 0 atom stereocenters. The minimum Gasteiger partial charge on any atom is -0.466 e. The van der Waals surface area contributed by atoms with Crippen LogP contribution in [0.15, 0.2) is 29.2 Å². The van der Waals surface area contributed by atoms with E-state index in [-0.39, 0.29) is 24.0 Å². The molecule has 1 saturated carbocycles. The third-order valence-corrected chi connectivity index (χ3v) is 7.98. The summed E-state index contributed by atoms with van der Waals surface area (Å²) in [5.41, 5.74) is 0.369. The molecular formula is C22H34N2O4S. The van der Waals surface area contributed by atoms with E-state index in [1.165, 1.54) is 0 Å². The van der Waals surface area contributed by atoms with E-state index in [1.807, 2.05) is 12.1 Å². The second-order valence-electron chi connectivity index (χ2n) is 9.31. The van der Waals surface area contributed by atoms with Crippen molar-refractivity contribution in [1.29, 1.82) is 0 Å². The number of carbonyl (C=O) groups excluding carboxylic acids is 1. The van der Waals surface area contributed by atoms with E-state index in [4.69, 9.17) is 4.74 Å². The van der Waals surface area contributed by atoms with Gasteiger partial charge in [0, 0.05) is 12.6 Å². The molecule has 0 amide bonds. The third-order valence-electron chi connectivity index (χ3n) is 6.06. The van der Waals surface area contributed by atoms with Crippen molar-refractivity contribution in [2.45, 2.75) is 69.7 Å². The average Bonchev–Trinajstić information content (AvgIpc) is 3.47. The number of carbonyl (C=O) groups is 1. The molecule has 2 aliphatic rings. The van der Waals surface area contributed by atoms with Crippen LogP contribution in [0.3, 0.4) is 0 Å². The van der Waals surface area contributed by atoms with Gasteiger partial charge in [0.05, 0.1) is 16.9 Å². The molecule has 0 aromatic heterocycles. The van der Waals surface area contributed by atoms with Crippen molar-refractivity contribution >= 4 is 16.0 Å². The quantitative estimate of drug-likeness (QED) is 0.684. The predicted octanol–water partition coefficient (Wildman–Crippen LogP) is 3.07. The summed E-state index contributed by atoms with van der Waals surface area (Å²) in [7, 11) is -3.71. The maximum Gasteiger partial charge on any atom is 0.313 e. The summed E-state index contributed by atoms with van der Waals surface area (Å²) in [6.07, 6.45) is 2.87. The van der Waals surface area contributed by atoms with E-state index >= 15 is 0 Å². The normalized spacial score (nSPS) is 19.9. The first-order chi connectivity index (χ1) is 13.6. The van der Waals surface area contributed by atoms with Gasteiger partial charge < -0.3 is 10.1 Å². The molecule has 1 N–H and O–H groups in total. The number of piperidine rings is 1. The second kappa shape index (κ2) is 8.36. The van der Waals surface area contributed by atoms with Crippen molar-refractivity contribution < 1.29 is 17.9 Å². The van der Waals surface area contributed by atoms with Crippen LogP contribution >= 0.6 is 0 Å². The molecule has 6 nitrogen and oxygen atoms in total. The summed E-state index contributed by atoms with van der Waals surface area (Å²) in [5.74, 6) is -0.266. The van der Waals surface area contributed by atoms with Crippen LogP contribution in [0.25, 0.3) is 0 Å². The molecule has 0 radical (unpaired) electrons. The van der Waals surface area contributed by atoms with Crippen LogP contribution in [-0.2, 0) is 25.0 Å². The fourth-order valence-corrected chi connectivity index (χ4v) is 5.70. The minimum absolute atomic E-state index is 0.0427. The van der Waals surface area contributed by atoms with Crippen molar-refractivity contribution in [3.8, 4) is 0 Å². The van der Waals surface area contributed by atoms with E-state index < -0.39 is 15.4 Å². The van der Waals surface area contributed by atoms with Gasteiger partial charge in [0.25, 0.3) is 0 Å². The van der Waals surface area contributed by atoms with Crippen molar-refractivity contribution in [2.24, 2.45) is 5.41 Å². The number of hydrogen-bond acceptors (Lipinski definition) is 5. The van der Waals surface area contributed by atoms with Gasteiger partial charge in [-0.25, -0.2) is 8.42 Å². The largest absolute Gasteiger partial charge is 0.466 e. The van der Waals surface area contributed by atoms with Crippen LogP contribution in [0.1, 0.15) is 58.9 Å². The fourth-order valence-electron chi connectivity index (χ4n) is 3.93. The molecule has 1 saturated heterocycles. The summed E-state index contributed by atoms with van der Waals surface area (Å²) in [5, 5.41) is 3.29. The Morgan fingerprint density at radius 2 is 1.76 bits per heavy atom. The topological polar surface area (TPSA) is 75.7 Å². The average molecular weight is 423 g/mol. The number of esters is 1. The molecule has 3 rings (SSSR count). The lowest BCUT2D eigenvalue weighted by Gasteiger charge is -2.35. The molecule has 1 aromatic carbocycles. The van der Waals surface area contributed by atoms with Gasteiger partial charge in [0.1, 0.15) is 0 Å². The number of sulfonamides is 1. The standard InChI is InChI=1S/C22H34N2O4S/c1-5-28-20(25)22(12-13-22)16-24(18-10-14-23-15-11-18)29(26,27)19-8-6-17(7-9-19)21(2,3)4/h6-9,18,23H,5,10-16H2,1-4H3. The van der Waals surface area contributed by atoms with Crippen LogP contribution in [0, 0.1) is 5.41 Å². The van der Waals surface area contributed by atoms with E-state index in [9.17, 15) is 13.2 Å². The summed E-state index contributed by atoms with van der Waals surface area (Å²) >= 11 is 0. The first-order valence-corrected chi connectivity index (χ1v) is 12.0.